The first-order chi connectivity index (χ1) is 14.0. The molecule has 0 unspecified atom stereocenters. The van der Waals surface area contributed by atoms with Gasteiger partial charge in [0.15, 0.2) is 5.78 Å². The molecule has 0 bridgehead atoms. The summed E-state index contributed by atoms with van der Waals surface area (Å²) in [5.41, 5.74) is 2.31. The molecule has 1 aliphatic carbocycles. The van der Waals surface area contributed by atoms with E-state index in [0.717, 1.165) is 64.0 Å². The second-order valence-electron chi connectivity index (χ2n) is 9.46. The number of rotatable bonds is 6. The lowest BCUT2D eigenvalue weighted by molar-refractivity contribution is -0.0873. The molecular formula is C23H37N3O3. The van der Waals surface area contributed by atoms with Gasteiger partial charge in [0.25, 0.3) is 0 Å². The molecule has 0 aromatic carbocycles. The van der Waals surface area contributed by atoms with Crippen LogP contribution in [0.5, 0.6) is 0 Å². The van der Waals surface area contributed by atoms with Crippen molar-refractivity contribution in [1.82, 2.24) is 14.4 Å². The topological polar surface area (TPSA) is 46.9 Å². The normalized spacial score (nSPS) is 31.6. The van der Waals surface area contributed by atoms with Crippen LogP contribution in [0.25, 0.3) is 0 Å². The number of carbonyl (C=O) groups excluding carboxylic acids is 1. The Bertz CT molecular complexity index is 712. The number of likely N-dealkylation sites (tertiary alicyclic amines) is 1. The van der Waals surface area contributed by atoms with Gasteiger partial charge in [0, 0.05) is 69.2 Å². The van der Waals surface area contributed by atoms with E-state index in [2.05, 4.69) is 20.4 Å². The molecule has 2 aliphatic heterocycles. The minimum absolute atomic E-state index is 0.142. The number of morpholine rings is 1. The maximum absolute atomic E-state index is 11.7. The van der Waals surface area contributed by atoms with Gasteiger partial charge in [0.05, 0.1) is 19.8 Å². The van der Waals surface area contributed by atoms with Crippen molar-refractivity contribution in [3.05, 3.63) is 23.5 Å². The maximum Gasteiger partial charge on any atom is 0.161 e. The summed E-state index contributed by atoms with van der Waals surface area (Å²) in [6.07, 6.45) is 7.02. The molecule has 0 N–H and O–H groups in total. The van der Waals surface area contributed by atoms with Gasteiger partial charge in [0.1, 0.15) is 0 Å². The number of ketones is 1. The third kappa shape index (κ3) is 4.46. The molecule has 0 spiro atoms. The summed E-state index contributed by atoms with van der Waals surface area (Å²) in [7, 11) is 3.90. The fourth-order valence-corrected chi connectivity index (χ4v) is 5.97. The van der Waals surface area contributed by atoms with Crippen molar-refractivity contribution in [3.63, 3.8) is 0 Å². The molecule has 29 heavy (non-hydrogen) atoms. The van der Waals surface area contributed by atoms with Crippen LogP contribution in [0.3, 0.4) is 0 Å². The van der Waals surface area contributed by atoms with E-state index in [1.807, 2.05) is 20.4 Å². The molecule has 1 aromatic rings. The third-order valence-corrected chi connectivity index (χ3v) is 7.62. The number of aryl methyl sites for hydroxylation is 1. The summed E-state index contributed by atoms with van der Waals surface area (Å²) in [6.45, 7) is 9.60. The number of fused-ring (bicyclic) bond motifs is 1. The summed E-state index contributed by atoms with van der Waals surface area (Å²) >= 11 is 0. The lowest BCUT2D eigenvalue weighted by Crippen LogP contribution is -2.57. The standard InChI is InChI=1S/C23H37N3O3/c1-18(27)19-12-22(24(2)14-19)15-25-7-5-20-13-21(26-8-10-29-11-9-26)4-6-23(20,16-25)17-28-3/h12,14,20-21H,4-11,13,15-17H2,1-3H3/t20-,21-,23+/m0/s1. The van der Waals surface area contributed by atoms with Gasteiger partial charge < -0.3 is 14.0 Å². The molecule has 162 valence electrons. The third-order valence-electron chi connectivity index (χ3n) is 7.62. The number of carbonyl (C=O) groups is 1. The first-order valence-electron chi connectivity index (χ1n) is 11.2. The lowest BCUT2D eigenvalue weighted by Gasteiger charge is -2.54. The fraction of sp³-hybridized carbons (Fsp3) is 0.783. The van der Waals surface area contributed by atoms with Gasteiger partial charge in [-0.3, -0.25) is 14.6 Å². The van der Waals surface area contributed by atoms with Crippen molar-refractivity contribution in [2.24, 2.45) is 18.4 Å². The van der Waals surface area contributed by atoms with E-state index in [9.17, 15) is 4.79 Å². The molecule has 0 radical (unpaired) electrons. The lowest BCUT2D eigenvalue weighted by atomic mass is 9.62. The molecule has 2 saturated heterocycles. The molecule has 3 aliphatic rings. The van der Waals surface area contributed by atoms with Crippen LogP contribution in [0, 0.1) is 11.3 Å². The average Bonchev–Trinajstić information content (AvgIpc) is 3.09. The second kappa shape index (κ2) is 8.88. The zero-order valence-electron chi connectivity index (χ0n) is 18.4. The van der Waals surface area contributed by atoms with E-state index in [1.54, 1.807) is 6.92 Å². The molecule has 4 rings (SSSR count). The van der Waals surface area contributed by atoms with Crippen molar-refractivity contribution >= 4 is 5.78 Å². The van der Waals surface area contributed by atoms with Crippen LogP contribution in [-0.4, -0.2) is 79.3 Å². The Balaban J connectivity index is 1.43. The van der Waals surface area contributed by atoms with Crippen LogP contribution in [0.4, 0.5) is 0 Å². The molecule has 1 saturated carbocycles. The predicted octanol–water partition coefficient (Wildman–Crippen LogP) is 2.57. The Morgan fingerprint density at radius 3 is 2.76 bits per heavy atom. The minimum atomic E-state index is 0.142. The van der Waals surface area contributed by atoms with Crippen LogP contribution in [0.1, 0.15) is 48.7 Å². The van der Waals surface area contributed by atoms with Gasteiger partial charge in [-0.15, -0.1) is 0 Å². The van der Waals surface area contributed by atoms with Crippen molar-refractivity contribution in [3.8, 4) is 0 Å². The Kier molecular flexibility index (Phi) is 6.44. The Hall–Kier alpha value is -1.21. The number of nitrogens with zero attached hydrogens (tertiary/aromatic N) is 3. The summed E-state index contributed by atoms with van der Waals surface area (Å²) in [4.78, 5) is 17.0. The largest absolute Gasteiger partial charge is 0.384 e. The molecule has 3 heterocycles. The molecule has 6 heteroatoms. The van der Waals surface area contributed by atoms with Crippen LogP contribution in [-0.2, 0) is 23.1 Å². The van der Waals surface area contributed by atoms with Crippen molar-refractivity contribution in [2.45, 2.75) is 45.2 Å². The van der Waals surface area contributed by atoms with Gasteiger partial charge >= 0.3 is 0 Å². The molecule has 3 atom stereocenters. The molecule has 3 fully saturated rings. The van der Waals surface area contributed by atoms with Gasteiger partial charge in [-0.25, -0.2) is 0 Å². The van der Waals surface area contributed by atoms with E-state index >= 15 is 0 Å². The zero-order valence-corrected chi connectivity index (χ0v) is 18.4. The number of Topliss-reactive ketones (excluding diaryl/α,β-unsaturated/α-hetero) is 1. The van der Waals surface area contributed by atoms with Crippen LogP contribution in [0.2, 0.25) is 0 Å². The van der Waals surface area contributed by atoms with Gasteiger partial charge in [-0.1, -0.05) is 0 Å². The van der Waals surface area contributed by atoms with Crippen LogP contribution < -0.4 is 0 Å². The Morgan fingerprint density at radius 1 is 1.28 bits per heavy atom. The van der Waals surface area contributed by atoms with Crippen LogP contribution >= 0.6 is 0 Å². The highest BCUT2D eigenvalue weighted by molar-refractivity contribution is 5.94. The number of hydrogen-bond acceptors (Lipinski definition) is 5. The monoisotopic (exact) mass is 403 g/mol. The molecule has 0 amide bonds. The minimum Gasteiger partial charge on any atom is -0.384 e. The Labute approximate surface area is 175 Å². The van der Waals surface area contributed by atoms with E-state index in [0.29, 0.717) is 6.04 Å². The van der Waals surface area contributed by atoms with Gasteiger partial charge in [0.2, 0.25) is 0 Å². The number of aromatic nitrogens is 1. The number of piperidine rings is 1. The number of ether oxygens (including phenoxy) is 2. The summed E-state index contributed by atoms with van der Waals surface area (Å²) < 4.78 is 13.4. The quantitative estimate of drug-likeness (QED) is 0.683. The van der Waals surface area contributed by atoms with E-state index in [4.69, 9.17) is 9.47 Å². The zero-order chi connectivity index (χ0) is 20.4. The maximum atomic E-state index is 11.7. The summed E-state index contributed by atoms with van der Waals surface area (Å²) in [6, 6.07) is 2.78. The first kappa shape index (κ1) is 21.0. The Morgan fingerprint density at radius 2 is 2.07 bits per heavy atom. The predicted molar refractivity (Wildman–Crippen MR) is 113 cm³/mol. The second-order valence-corrected chi connectivity index (χ2v) is 9.46. The van der Waals surface area contributed by atoms with Crippen molar-refractivity contribution < 1.29 is 14.3 Å². The highest BCUT2D eigenvalue weighted by Gasteiger charge is 2.48. The van der Waals surface area contributed by atoms with Gasteiger partial charge in [-0.2, -0.15) is 0 Å². The molecule has 1 aromatic heterocycles. The fourth-order valence-electron chi connectivity index (χ4n) is 5.97. The highest BCUT2D eigenvalue weighted by atomic mass is 16.5. The van der Waals surface area contributed by atoms with E-state index < -0.39 is 0 Å². The highest BCUT2D eigenvalue weighted by Crippen LogP contribution is 2.48. The number of methoxy groups -OCH3 is 1. The van der Waals surface area contributed by atoms with E-state index in [-0.39, 0.29) is 11.2 Å². The number of hydrogen-bond donors (Lipinski definition) is 0. The summed E-state index contributed by atoms with van der Waals surface area (Å²) in [5, 5.41) is 0. The smallest absolute Gasteiger partial charge is 0.161 e. The SMILES string of the molecule is COC[C@]12CC[C@H](N3CCOCC3)C[C@@H]1CCN(Cc1cc(C(C)=O)cn1C)C2. The molecular weight excluding hydrogens is 366 g/mol. The molecule has 6 nitrogen and oxygen atoms in total. The van der Waals surface area contributed by atoms with Crippen molar-refractivity contribution in [1.29, 1.82) is 0 Å². The van der Waals surface area contributed by atoms with Crippen LogP contribution in [0.15, 0.2) is 12.3 Å². The van der Waals surface area contributed by atoms with Gasteiger partial charge in [-0.05, 0) is 51.1 Å². The van der Waals surface area contributed by atoms with E-state index in [1.165, 1.54) is 31.4 Å². The van der Waals surface area contributed by atoms with Crippen molar-refractivity contribution in [2.75, 3.05) is 53.1 Å². The summed E-state index contributed by atoms with van der Waals surface area (Å²) in [5.74, 6) is 0.879. The first-order valence-corrected chi connectivity index (χ1v) is 11.2. The average molecular weight is 404 g/mol.